The Morgan fingerprint density at radius 2 is 2.05 bits per heavy atom. The van der Waals surface area contributed by atoms with Crippen LogP contribution in [-0.4, -0.2) is 17.4 Å². The van der Waals surface area contributed by atoms with Crippen molar-refractivity contribution in [2.45, 2.75) is 40.0 Å². The highest BCUT2D eigenvalue weighted by atomic mass is 19.1. The molecule has 0 atom stereocenters. The number of carbonyl (C=O) groups is 1. The Morgan fingerprint density at radius 1 is 1.33 bits per heavy atom. The van der Waals surface area contributed by atoms with E-state index < -0.39 is 0 Å². The quantitative estimate of drug-likeness (QED) is 0.837. The molecule has 21 heavy (non-hydrogen) atoms. The van der Waals surface area contributed by atoms with E-state index in [0.29, 0.717) is 13.0 Å². The molecule has 2 rings (SSSR count). The van der Waals surface area contributed by atoms with Gasteiger partial charge in [-0.05, 0) is 49.9 Å². The number of H-pyrrole nitrogens is 1. The molecule has 114 valence electrons. The van der Waals surface area contributed by atoms with Crippen LogP contribution in [0.1, 0.15) is 37.9 Å². The highest BCUT2D eigenvalue weighted by Crippen LogP contribution is 2.23. The fourth-order valence-corrected chi connectivity index (χ4v) is 2.79. The van der Waals surface area contributed by atoms with Gasteiger partial charge < -0.3 is 10.3 Å². The lowest BCUT2D eigenvalue weighted by atomic mass is 10.0. The van der Waals surface area contributed by atoms with Crippen molar-refractivity contribution in [3.8, 4) is 0 Å². The zero-order valence-corrected chi connectivity index (χ0v) is 12.9. The van der Waals surface area contributed by atoms with E-state index in [1.165, 1.54) is 6.07 Å². The summed E-state index contributed by atoms with van der Waals surface area (Å²) >= 11 is 0. The zero-order valence-electron chi connectivity index (χ0n) is 12.9. The third-order valence-electron chi connectivity index (χ3n) is 4.11. The summed E-state index contributed by atoms with van der Waals surface area (Å²) in [6, 6.07) is 4.76. The molecule has 2 aromatic rings. The summed E-state index contributed by atoms with van der Waals surface area (Å²) < 4.78 is 13.4. The van der Waals surface area contributed by atoms with Gasteiger partial charge in [0.2, 0.25) is 5.91 Å². The maximum absolute atomic E-state index is 13.4. The molecule has 4 heteroatoms. The molecule has 0 saturated heterocycles. The van der Waals surface area contributed by atoms with Crippen LogP contribution in [0.3, 0.4) is 0 Å². The van der Waals surface area contributed by atoms with Crippen molar-refractivity contribution in [1.29, 1.82) is 0 Å². The van der Waals surface area contributed by atoms with Gasteiger partial charge in [-0.25, -0.2) is 4.39 Å². The third kappa shape index (κ3) is 3.43. The molecule has 3 nitrogen and oxygen atoms in total. The molecule has 0 fully saturated rings. The molecule has 0 unspecified atom stereocenters. The summed E-state index contributed by atoms with van der Waals surface area (Å²) in [7, 11) is 0. The second kappa shape index (κ2) is 6.74. The second-order valence-electron chi connectivity index (χ2n) is 5.47. The molecule has 0 bridgehead atoms. The Labute approximate surface area is 124 Å². The lowest BCUT2D eigenvalue weighted by Gasteiger charge is -2.12. The van der Waals surface area contributed by atoms with Gasteiger partial charge in [-0.1, -0.05) is 13.8 Å². The Kier molecular flexibility index (Phi) is 4.99. The Morgan fingerprint density at radius 3 is 2.71 bits per heavy atom. The highest BCUT2D eigenvalue weighted by Gasteiger charge is 2.14. The summed E-state index contributed by atoms with van der Waals surface area (Å²) in [6.07, 6.45) is 2.43. The van der Waals surface area contributed by atoms with Crippen LogP contribution in [0.2, 0.25) is 0 Å². The van der Waals surface area contributed by atoms with Crippen molar-refractivity contribution < 1.29 is 9.18 Å². The van der Waals surface area contributed by atoms with Crippen LogP contribution in [0.5, 0.6) is 0 Å². The molecule has 2 N–H and O–H groups in total. The van der Waals surface area contributed by atoms with E-state index >= 15 is 0 Å². The normalized spacial score (nSPS) is 11.3. The minimum absolute atomic E-state index is 0.0894. The van der Waals surface area contributed by atoms with Gasteiger partial charge in [0.25, 0.3) is 0 Å². The van der Waals surface area contributed by atoms with Crippen molar-refractivity contribution in [2.24, 2.45) is 5.92 Å². The summed E-state index contributed by atoms with van der Waals surface area (Å²) in [5.74, 6) is -0.0287. The van der Waals surface area contributed by atoms with Crippen molar-refractivity contribution >= 4 is 16.8 Å². The van der Waals surface area contributed by atoms with Gasteiger partial charge in [-0.15, -0.1) is 0 Å². The summed E-state index contributed by atoms with van der Waals surface area (Å²) in [5.41, 5.74) is 3.05. The minimum Gasteiger partial charge on any atom is -0.358 e. The molecule has 0 aliphatic rings. The van der Waals surface area contributed by atoms with Gasteiger partial charge in [0.05, 0.1) is 0 Å². The number of halogens is 1. The number of nitrogens with one attached hydrogen (secondary N) is 2. The maximum Gasteiger partial charge on any atom is 0.223 e. The van der Waals surface area contributed by atoms with Crippen LogP contribution in [0.25, 0.3) is 10.9 Å². The topological polar surface area (TPSA) is 44.9 Å². The van der Waals surface area contributed by atoms with Gasteiger partial charge >= 0.3 is 0 Å². The summed E-state index contributed by atoms with van der Waals surface area (Å²) in [5, 5.41) is 3.89. The Balaban J connectivity index is 2.05. The van der Waals surface area contributed by atoms with Crippen LogP contribution >= 0.6 is 0 Å². The number of aromatic nitrogens is 1. The van der Waals surface area contributed by atoms with Crippen LogP contribution < -0.4 is 5.32 Å². The molecule has 0 aliphatic heterocycles. The number of hydrogen-bond acceptors (Lipinski definition) is 1. The standard InChI is InChI=1S/C17H23FN2O/c1-4-12(5-2)17(21)19-9-8-14-11(3)20-16-7-6-13(18)10-15(14)16/h6-7,10,12,20H,4-5,8-9H2,1-3H3,(H,19,21). The van der Waals surface area contributed by atoms with E-state index in [1.807, 2.05) is 20.8 Å². The van der Waals surface area contributed by atoms with Crippen LogP contribution in [0.15, 0.2) is 18.2 Å². The van der Waals surface area contributed by atoms with E-state index in [1.54, 1.807) is 12.1 Å². The molecule has 0 saturated carbocycles. The van der Waals surface area contributed by atoms with Crippen molar-refractivity contribution in [2.75, 3.05) is 6.54 Å². The molecule has 0 aliphatic carbocycles. The molecule has 1 aromatic heterocycles. The van der Waals surface area contributed by atoms with E-state index in [-0.39, 0.29) is 17.6 Å². The van der Waals surface area contributed by atoms with Gasteiger partial charge in [-0.2, -0.15) is 0 Å². The fraction of sp³-hybridized carbons (Fsp3) is 0.471. The predicted octanol–water partition coefficient (Wildman–Crippen LogP) is 3.71. The molecule has 0 radical (unpaired) electrons. The van der Waals surface area contributed by atoms with E-state index in [4.69, 9.17) is 0 Å². The SMILES string of the molecule is CCC(CC)C(=O)NCCc1c(C)[nH]c2ccc(F)cc12. The van der Waals surface area contributed by atoms with Gasteiger partial charge in [0.1, 0.15) is 5.82 Å². The number of rotatable bonds is 6. The van der Waals surface area contributed by atoms with Crippen LogP contribution in [0.4, 0.5) is 4.39 Å². The molecule has 1 heterocycles. The minimum atomic E-state index is -0.233. The average molecular weight is 290 g/mol. The highest BCUT2D eigenvalue weighted by molar-refractivity contribution is 5.85. The monoisotopic (exact) mass is 290 g/mol. The number of carbonyl (C=O) groups excluding carboxylic acids is 1. The zero-order chi connectivity index (χ0) is 15.4. The van der Waals surface area contributed by atoms with E-state index in [2.05, 4.69) is 10.3 Å². The largest absolute Gasteiger partial charge is 0.358 e. The molecule has 0 spiro atoms. The number of amides is 1. The first-order valence-corrected chi connectivity index (χ1v) is 7.61. The van der Waals surface area contributed by atoms with E-state index in [9.17, 15) is 9.18 Å². The number of fused-ring (bicyclic) bond motifs is 1. The van der Waals surface area contributed by atoms with Gasteiger partial charge in [-0.3, -0.25) is 4.79 Å². The number of hydrogen-bond donors (Lipinski definition) is 2. The van der Waals surface area contributed by atoms with Crippen LogP contribution in [-0.2, 0) is 11.2 Å². The summed E-state index contributed by atoms with van der Waals surface area (Å²) in [6.45, 7) is 6.62. The second-order valence-corrected chi connectivity index (χ2v) is 5.47. The Hall–Kier alpha value is -1.84. The fourth-order valence-electron chi connectivity index (χ4n) is 2.79. The van der Waals surface area contributed by atoms with E-state index in [0.717, 1.165) is 35.0 Å². The summed E-state index contributed by atoms with van der Waals surface area (Å²) in [4.78, 5) is 15.2. The lowest BCUT2D eigenvalue weighted by Crippen LogP contribution is -2.31. The van der Waals surface area contributed by atoms with Crippen molar-refractivity contribution in [1.82, 2.24) is 10.3 Å². The molecule has 1 aromatic carbocycles. The lowest BCUT2D eigenvalue weighted by molar-refractivity contribution is -0.125. The van der Waals surface area contributed by atoms with Crippen molar-refractivity contribution in [3.05, 3.63) is 35.3 Å². The smallest absolute Gasteiger partial charge is 0.223 e. The van der Waals surface area contributed by atoms with Gasteiger partial charge in [0, 0.05) is 29.1 Å². The molecular formula is C17H23FN2O. The maximum atomic E-state index is 13.4. The first-order chi connectivity index (χ1) is 10.1. The number of benzene rings is 1. The first kappa shape index (κ1) is 15.5. The predicted molar refractivity (Wildman–Crippen MR) is 83.8 cm³/mol. The molecule has 1 amide bonds. The van der Waals surface area contributed by atoms with Crippen molar-refractivity contribution in [3.63, 3.8) is 0 Å². The molecular weight excluding hydrogens is 267 g/mol. The third-order valence-corrected chi connectivity index (χ3v) is 4.11. The Bertz CT molecular complexity index is 629. The average Bonchev–Trinajstić information content (AvgIpc) is 2.76. The number of aryl methyl sites for hydroxylation is 1. The number of aromatic amines is 1. The first-order valence-electron chi connectivity index (χ1n) is 7.61. The van der Waals surface area contributed by atoms with Crippen LogP contribution in [0, 0.1) is 18.7 Å². The van der Waals surface area contributed by atoms with Gasteiger partial charge in [0.15, 0.2) is 0 Å².